The Morgan fingerprint density at radius 1 is 1.03 bits per heavy atom. The molecule has 0 radical (unpaired) electrons. The van der Waals surface area contributed by atoms with Crippen LogP contribution in [-0.4, -0.2) is 33.6 Å². The molecule has 0 saturated heterocycles. The van der Waals surface area contributed by atoms with Crippen LogP contribution in [0.25, 0.3) is 0 Å². The first-order valence-electron chi connectivity index (χ1n) is 14.4. The Bertz CT molecular complexity index is 805. The van der Waals surface area contributed by atoms with Crippen molar-refractivity contribution in [2.45, 2.75) is 99.3 Å². The second-order valence-electron chi connectivity index (χ2n) is 13.4. The zero-order valence-electron chi connectivity index (χ0n) is 22.8. The number of fused-ring (bicyclic) bond motifs is 2. The lowest BCUT2D eigenvalue weighted by atomic mass is 9.48. The number of hydrogen-bond acceptors (Lipinski definition) is 3. The number of aliphatic hydroxyl groups excluding tert-OH is 2. The zero-order valence-corrected chi connectivity index (χ0v) is 22.8. The van der Waals surface area contributed by atoms with E-state index in [4.69, 9.17) is 0 Å². The Morgan fingerprint density at radius 2 is 1.76 bits per heavy atom. The van der Waals surface area contributed by atoms with E-state index in [0.717, 1.165) is 36.5 Å². The Hall–Kier alpha value is -0.870. The van der Waals surface area contributed by atoms with E-state index in [1.165, 1.54) is 56.2 Å². The van der Waals surface area contributed by atoms with Gasteiger partial charge in [-0.1, -0.05) is 54.4 Å². The number of rotatable bonds is 9. The normalized spacial score (nSPS) is 39.6. The lowest BCUT2D eigenvalue weighted by Gasteiger charge is -2.56. The first kappa shape index (κ1) is 26.2. The van der Waals surface area contributed by atoms with Gasteiger partial charge in [-0.05, 0) is 109 Å². The van der Waals surface area contributed by atoms with Crippen LogP contribution < -0.4 is 0 Å². The van der Waals surface area contributed by atoms with Crippen molar-refractivity contribution in [1.29, 1.82) is 0 Å². The Kier molecular flexibility index (Phi) is 7.89. The van der Waals surface area contributed by atoms with Crippen LogP contribution in [-0.2, 0) is 12.8 Å². The summed E-state index contributed by atoms with van der Waals surface area (Å²) in [6.45, 7) is 15.1. The van der Waals surface area contributed by atoms with Gasteiger partial charge in [0.05, 0.1) is 6.20 Å². The number of aliphatic hydroxyl groups is 2. The number of hydrogen-bond donors (Lipinski definition) is 3. The highest BCUT2D eigenvalue weighted by molar-refractivity contribution is 5.25. The molecule has 4 nitrogen and oxygen atoms in total. The second kappa shape index (κ2) is 10.2. The highest BCUT2D eigenvalue weighted by Crippen LogP contribution is 2.64. The van der Waals surface area contributed by atoms with Crippen LogP contribution in [0.4, 0.5) is 0 Å². The zero-order chi connectivity index (χ0) is 24.7. The van der Waals surface area contributed by atoms with Crippen LogP contribution in [0, 0.1) is 58.2 Å². The molecule has 2 saturated carbocycles. The Labute approximate surface area is 208 Å². The number of aromatic nitrogens is 2. The summed E-state index contributed by atoms with van der Waals surface area (Å²) in [5.41, 5.74) is 2.91. The number of nitrogens with one attached hydrogen (secondary N) is 1. The summed E-state index contributed by atoms with van der Waals surface area (Å²) >= 11 is 0. The summed E-state index contributed by atoms with van der Waals surface area (Å²) in [5.74, 6) is 4.85. The van der Waals surface area contributed by atoms with Crippen LogP contribution in [0.1, 0.15) is 97.7 Å². The van der Waals surface area contributed by atoms with E-state index in [-0.39, 0.29) is 17.9 Å². The molecule has 0 spiro atoms. The molecule has 3 N–H and O–H groups in total. The molecule has 9 atom stereocenters. The van der Waals surface area contributed by atoms with E-state index in [1.807, 2.05) is 6.20 Å². The minimum absolute atomic E-state index is 0.0235. The van der Waals surface area contributed by atoms with Crippen molar-refractivity contribution in [3.63, 3.8) is 0 Å². The van der Waals surface area contributed by atoms with Crippen LogP contribution >= 0.6 is 0 Å². The van der Waals surface area contributed by atoms with Crippen LogP contribution in [0.3, 0.4) is 0 Å². The molecule has 2 fully saturated rings. The number of aromatic amines is 1. The molecule has 1 heterocycles. The minimum Gasteiger partial charge on any atom is -0.396 e. The summed E-state index contributed by atoms with van der Waals surface area (Å²) in [5, 5.41) is 28.7. The third-order valence-corrected chi connectivity index (χ3v) is 11.7. The third kappa shape index (κ3) is 4.40. The molecule has 0 amide bonds. The quantitative estimate of drug-likeness (QED) is 0.396. The van der Waals surface area contributed by atoms with E-state index in [1.54, 1.807) is 0 Å². The van der Waals surface area contributed by atoms with Gasteiger partial charge in [0.25, 0.3) is 0 Å². The van der Waals surface area contributed by atoms with E-state index in [9.17, 15) is 10.2 Å². The van der Waals surface area contributed by atoms with Crippen molar-refractivity contribution in [1.82, 2.24) is 10.2 Å². The van der Waals surface area contributed by atoms with E-state index in [0.29, 0.717) is 29.8 Å². The molecule has 0 bridgehead atoms. The lowest BCUT2D eigenvalue weighted by molar-refractivity contribution is -0.0941. The second-order valence-corrected chi connectivity index (χ2v) is 13.4. The summed E-state index contributed by atoms with van der Waals surface area (Å²) in [7, 11) is 0. The smallest absolute Gasteiger partial charge is 0.0522 e. The molecule has 1 aromatic rings. The maximum absolute atomic E-state index is 10.8. The summed E-state index contributed by atoms with van der Waals surface area (Å²) < 4.78 is 0. The van der Waals surface area contributed by atoms with Gasteiger partial charge in [0, 0.05) is 18.9 Å². The van der Waals surface area contributed by atoms with Gasteiger partial charge in [-0.2, -0.15) is 5.10 Å². The number of H-pyrrole nitrogens is 1. The van der Waals surface area contributed by atoms with Crippen molar-refractivity contribution in [3.05, 3.63) is 17.5 Å². The van der Waals surface area contributed by atoms with Crippen LogP contribution in [0.15, 0.2) is 6.20 Å². The third-order valence-electron chi connectivity index (χ3n) is 11.7. The SMILES string of the molecule is CC[C@H](CC[C@@H](C)[C@H]1CC[C@H]2[C@H](CO)[C@@H]([C@@]3(C)Cc4cn[nH]c4C[C@@H]3CO)CC[C@]12C)C(C)C. The summed E-state index contributed by atoms with van der Waals surface area (Å²) in [4.78, 5) is 0. The first-order chi connectivity index (χ1) is 16.2. The lowest BCUT2D eigenvalue weighted by Crippen LogP contribution is -2.53. The Morgan fingerprint density at radius 3 is 2.41 bits per heavy atom. The van der Waals surface area contributed by atoms with Gasteiger partial charge < -0.3 is 10.2 Å². The van der Waals surface area contributed by atoms with Gasteiger partial charge in [-0.3, -0.25) is 5.10 Å². The van der Waals surface area contributed by atoms with Crippen molar-refractivity contribution in [2.75, 3.05) is 13.2 Å². The van der Waals surface area contributed by atoms with Gasteiger partial charge in [0.2, 0.25) is 0 Å². The van der Waals surface area contributed by atoms with Gasteiger partial charge in [-0.15, -0.1) is 0 Å². The van der Waals surface area contributed by atoms with E-state index < -0.39 is 0 Å². The topological polar surface area (TPSA) is 69.1 Å². The molecule has 1 aromatic heterocycles. The fourth-order valence-electron chi connectivity index (χ4n) is 9.43. The maximum Gasteiger partial charge on any atom is 0.0522 e. The highest BCUT2D eigenvalue weighted by atomic mass is 16.3. The van der Waals surface area contributed by atoms with Crippen LogP contribution in [0.2, 0.25) is 0 Å². The summed E-state index contributed by atoms with van der Waals surface area (Å²) in [6.07, 6.45) is 12.9. The van der Waals surface area contributed by atoms with Crippen molar-refractivity contribution < 1.29 is 10.2 Å². The fraction of sp³-hybridized carbons (Fsp3) is 0.900. The van der Waals surface area contributed by atoms with Crippen molar-refractivity contribution >= 4 is 0 Å². The molecule has 0 aromatic carbocycles. The minimum atomic E-state index is 0.0235. The highest BCUT2D eigenvalue weighted by Gasteiger charge is 2.58. The predicted octanol–water partition coefficient (Wildman–Crippen LogP) is 6.27. The van der Waals surface area contributed by atoms with Gasteiger partial charge in [0.1, 0.15) is 0 Å². The van der Waals surface area contributed by atoms with Crippen molar-refractivity contribution in [3.8, 4) is 0 Å². The van der Waals surface area contributed by atoms with Crippen molar-refractivity contribution in [2.24, 2.45) is 58.2 Å². The molecule has 3 aliphatic carbocycles. The van der Waals surface area contributed by atoms with Crippen LogP contribution in [0.5, 0.6) is 0 Å². The van der Waals surface area contributed by atoms with Gasteiger partial charge in [0.15, 0.2) is 0 Å². The molecule has 4 rings (SSSR count). The average Bonchev–Trinajstić information content (AvgIpc) is 3.40. The maximum atomic E-state index is 10.8. The average molecular weight is 473 g/mol. The van der Waals surface area contributed by atoms with Gasteiger partial charge >= 0.3 is 0 Å². The monoisotopic (exact) mass is 472 g/mol. The predicted molar refractivity (Wildman–Crippen MR) is 139 cm³/mol. The molecular weight excluding hydrogens is 420 g/mol. The molecule has 194 valence electrons. The van der Waals surface area contributed by atoms with Gasteiger partial charge in [-0.25, -0.2) is 0 Å². The number of nitrogens with zero attached hydrogens (tertiary/aromatic N) is 1. The molecular formula is C30H52N2O2. The summed E-state index contributed by atoms with van der Waals surface area (Å²) in [6, 6.07) is 0. The fourth-order valence-corrected chi connectivity index (χ4v) is 9.43. The molecule has 4 heteroatoms. The largest absolute Gasteiger partial charge is 0.396 e. The Balaban J connectivity index is 1.52. The standard InChI is InChI=1S/C30H52N2O2/c1-7-21(19(2)3)9-8-20(4)25-10-11-26-24(18-34)27(12-13-29(25,26)5)30(6)15-22-16-31-32-28(22)14-23(30)17-33/h16,19-21,23-27,33-34H,7-15,17-18H2,1-6H3,(H,31,32)/t20-,21-,23-,24+,25-,26+,27+,29-,30+/m1/s1. The first-order valence-corrected chi connectivity index (χ1v) is 14.4. The van der Waals surface area contributed by atoms with E-state index in [2.05, 4.69) is 51.7 Å². The van der Waals surface area contributed by atoms with E-state index >= 15 is 0 Å². The molecule has 34 heavy (non-hydrogen) atoms. The molecule has 0 aliphatic heterocycles. The molecule has 0 unspecified atom stereocenters. The molecule has 3 aliphatic rings.